The maximum absolute atomic E-state index is 12.5. The molecule has 126 valence electrons. The smallest absolute Gasteiger partial charge is 0.315 e. The lowest BCUT2D eigenvalue weighted by Gasteiger charge is -2.25. The first-order valence-electron chi connectivity index (χ1n) is 8.14. The molecule has 2 atom stereocenters. The van der Waals surface area contributed by atoms with Gasteiger partial charge in [0.05, 0.1) is 17.6 Å². The number of hydrogen-bond acceptors (Lipinski definition) is 5. The van der Waals surface area contributed by atoms with Crippen LogP contribution >= 0.6 is 0 Å². The molecule has 4 rings (SSSR count). The van der Waals surface area contributed by atoms with Crippen molar-refractivity contribution in [2.24, 2.45) is 10.4 Å². The van der Waals surface area contributed by atoms with E-state index in [1.807, 2.05) is 30.3 Å². The molecule has 0 aliphatic carbocycles. The Morgan fingerprint density at radius 2 is 1.84 bits per heavy atom. The first-order valence-corrected chi connectivity index (χ1v) is 8.14. The zero-order chi connectivity index (χ0) is 17.4. The Bertz CT molecular complexity index is 861. The van der Waals surface area contributed by atoms with Gasteiger partial charge in [0, 0.05) is 30.7 Å². The van der Waals surface area contributed by atoms with E-state index in [0.29, 0.717) is 19.4 Å². The van der Waals surface area contributed by atoms with E-state index in [1.54, 1.807) is 12.1 Å². The number of aliphatic imine (C=N–C) groups is 1. The highest BCUT2D eigenvalue weighted by Crippen LogP contribution is 2.52. The van der Waals surface area contributed by atoms with E-state index in [2.05, 4.69) is 0 Å². The molecule has 1 spiro atoms. The Hall–Kier alpha value is -3.02. The molecule has 0 amide bonds. The predicted molar refractivity (Wildman–Crippen MR) is 91.4 cm³/mol. The van der Waals surface area contributed by atoms with Crippen molar-refractivity contribution in [3.05, 3.63) is 75.8 Å². The third-order valence-electron chi connectivity index (χ3n) is 5.01. The van der Waals surface area contributed by atoms with Crippen molar-refractivity contribution in [3.8, 4) is 0 Å². The maximum Gasteiger partial charge on any atom is 0.315 e. The van der Waals surface area contributed by atoms with Crippen LogP contribution in [0, 0.1) is 15.5 Å². The summed E-state index contributed by atoms with van der Waals surface area (Å²) in [6.07, 6.45) is 1.13. The van der Waals surface area contributed by atoms with E-state index < -0.39 is 10.3 Å². The summed E-state index contributed by atoms with van der Waals surface area (Å²) in [5.41, 5.74) is 1.99. The molecule has 2 aliphatic rings. The molecule has 25 heavy (non-hydrogen) atoms. The minimum atomic E-state index is -0.707. The predicted octanol–water partition coefficient (Wildman–Crippen LogP) is 3.46. The number of hydrogen-bond donors (Lipinski definition) is 0. The summed E-state index contributed by atoms with van der Waals surface area (Å²) in [4.78, 5) is 27.8. The van der Waals surface area contributed by atoms with Crippen LogP contribution in [-0.2, 0) is 9.53 Å². The molecule has 0 saturated carbocycles. The number of cyclic esters (lactones) is 1. The first kappa shape index (κ1) is 15.5. The number of ether oxygens (including phenoxy) is 1. The normalized spacial score (nSPS) is 25.0. The highest BCUT2D eigenvalue weighted by atomic mass is 16.6. The summed E-state index contributed by atoms with van der Waals surface area (Å²) in [5.74, 6) is -0.231. The van der Waals surface area contributed by atoms with Crippen molar-refractivity contribution in [3.63, 3.8) is 0 Å². The lowest BCUT2D eigenvalue weighted by molar-refractivity contribution is -0.384. The van der Waals surface area contributed by atoms with Crippen LogP contribution in [0.15, 0.2) is 59.6 Å². The van der Waals surface area contributed by atoms with Crippen LogP contribution in [0.4, 0.5) is 5.69 Å². The number of rotatable bonds is 3. The lowest BCUT2D eigenvalue weighted by atomic mass is 9.74. The second-order valence-electron chi connectivity index (χ2n) is 6.41. The molecule has 2 heterocycles. The van der Waals surface area contributed by atoms with Gasteiger partial charge >= 0.3 is 5.97 Å². The quantitative estimate of drug-likeness (QED) is 0.488. The average Bonchev–Trinajstić information content (AvgIpc) is 3.20. The number of carbonyl (C=O) groups excluding carboxylic acids is 1. The molecular formula is C19H16N2O4. The van der Waals surface area contributed by atoms with Crippen LogP contribution in [0.3, 0.4) is 0 Å². The SMILES string of the molecule is O=C1OCCC12CC(c1ccccc1)=NC2c1ccc([N+](=O)[O-])cc1. The Kier molecular flexibility index (Phi) is 3.60. The number of benzene rings is 2. The summed E-state index contributed by atoms with van der Waals surface area (Å²) in [6.45, 7) is 0.389. The summed E-state index contributed by atoms with van der Waals surface area (Å²) in [5, 5.41) is 10.9. The molecule has 6 nitrogen and oxygen atoms in total. The van der Waals surface area contributed by atoms with Gasteiger partial charge < -0.3 is 4.74 Å². The minimum absolute atomic E-state index is 0.0251. The van der Waals surface area contributed by atoms with Gasteiger partial charge in [-0.2, -0.15) is 0 Å². The molecular weight excluding hydrogens is 320 g/mol. The standard InChI is InChI=1S/C19H16N2O4/c22-18-19(10-11-25-18)12-16(13-4-2-1-3-5-13)20-17(19)14-6-8-15(9-7-14)21(23)24/h1-9,17H,10-12H2. The van der Waals surface area contributed by atoms with E-state index in [1.165, 1.54) is 12.1 Å². The minimum Gasteiger partial charge on any atom is -0.465 e. The summed E-state index contributed by atoms with van der Waals surface area (Å²) in [7, 11) is 0. The number of non-ortho nitro benzene ring substituents is 1. The number of esters is 1. The summed E-state index contributed by atoms with van der Waals surface area (Å²) >= 11 is 0. The number of nitro groups is 1. The van der Waals surface area contributed by atoms with E-state index in [-0.39, 0.29) is 17.7 Å². The molecule has 2 unspecified atom stereocenters. The van der Waals surface area contributed by atoms with Gasteiger partial charge in [0.15, 0.2) is 0 Å². The number of carbonyl (C=O) groups is 1. The highest BCUT2D eigenvalue weighted by Gasteiger charge is 2.55. The maximum atomic E-state index is 12.5. The first-order chi connectivity index (χ1) is 12.1. The average molecular weight is 336 g/mol. The monoisotopic (exact) mass is 336 g/mol. The van der Waals surface area contributed by atoms with Crippen molar-refractivity contribution in [1.29, 1.82) is 0 Å². The molecule has 1 fully saturated rings. The third kappa shape index (κ3) is 2.50. The van der Waals surface area contributed by atoms with Gasteiger partial charge in [-0.05, 0) is 11.1 Å². The van der Waals surface area contributed by atoms with Gasteiger partial charge in [-0.1, -0.05) is 42.5 Å². The van der Waals surface area contributed by atoms with Crippen molar-refractivity contribution in [1.82, 2.24) is 0 Å². The molecule has 0 aromatic heterocycles. The van der Waals surface area contributed by atoms with Crippen LogP contribution in [0.25, 0.3) is 0 Å². The van der Waals surface area contributed by atoms with Gasteiger partial charge in [-0.25, -0.2) is 0 Å². The van der Waals surface area contributed by atoms with Crippen LogP contribution in [0.2, 0.25) is 0 Å². The Morgan fingerprint density at radius 1 is 1.12 bits per heavy atom. The molecule has 2 aromatic carbocycles. The summed E-state index contributed by atoms with van der Waals surface area (Å²) < 4.78 is 5.27. The second-order valence-corrected chi connectivity index (χ2v) is 6.41. The van der Waals surface area contributed by atoms with E-state index in [4.69, 9.17) is 9.73 Å². The van der Waals surface area contributed by atoms with E-state index in [0.717, 1.165) is 16.8 Å². The zero-order valence-corrected chi connectivity index (χ0v) is 13.4. The van der Waals surface area contributed by atoms with Gasteiger partial charge in [-0.15, -0.1) is 0 Å². The van der Waals surface area contributed by atoms with Crippen LogP contribution < -0.4 is 0 Å². The van der Waals surface area contributed by atoms with Crippen LogP contribution in [0.1, 0.15) is 30.0 Å². The van der Waals surface area contributed by atoms with Crippen molar-refractivity contribution >= 4 is 17.4 Å². The van der Waals surface area contributed by atoms with Crippen molar-refractivity contribution in [2.45, 2.75) is 18.9 Å². The van der Waals surface area contributed by atoms with Crippen LogP contribution in [0.5, 0.6) is 0 Å². The third-order valence-corrected chi connectivity index (χ3v) is 5.01. The van der Waals surface area contributed by atoms with Crippen molar-refractivity contribution < 1.29 is 14.5 Å². The van der Waals surface area contributed by atoms with Gasteiger partial charge in [-0.3, -0.25) is 19.9 Å². The molecule has 6 heteroatoms. The fourth-order valence-electron chi connectivity index (χ4n) is 3.68. The fourth-order valence-corrected chi connectivity index (χ4v) is 3.68. The zero-order valence-electron chi connectivity index (χ0n) is 13.4. The van der Waals surface area contributed by atoms with Crippen LogP contribution in [-0.4, -0.2) is 23.2 Å². The lowest BCUT2D eigenvalue weighted by Crippen LogP contribution is -2.30. The molecule has 2 aliphatic heterocycles. The van der Waals surface area contributed by atoms with Gasteiger partial charge in [0.2, 0.25) is 0 Å². The number of nitrogens with zero attached hydrogens (tertiary/aromatic N) is 2. The Morgan fingerprint density at radius 3 is 2.44 bits per heavy atom. The Labute approximate surface area is 144 Å². The largest absolute Gasteiger partial charge is 0.465 e. The molecule has 0 radical (unpaired) electrons. The molecule has 1 saturated heterocycles. The van der Waals surface area contributed by atoms with E-state index >= 15 is 0 Å². The Balaban J connectivity index is 1.77. The van der Waals surface area contributed by atoms with E-state index in [9.17, 15) is 14.9 Å². The molecule has 0 N–H and O–H groups in total. The molecule has 0 bridgehead atoms. The van der Waals surface area contributed by atoms with Gasteiger partial charge in [0.1, 0.15) is 5.41 Å². The fraction of sp³-hybridized carbons (Fsp3) is 0.263. The molecule has 2 aromatic rings. The van der Waals surface area contributed by atoms with Crippen molar-refractivity contribution in [2.75, 3.05) is 6.61 Å². The number of nitro benzene ring substituents is 1. The van der Waals surface area contributed by atoms with Gasteiger partial charge in [0.25, 0.3) is 5.69 Å². The topological polar surface area (TPSA) is 81.8 Å². The summed E-state index contributed by atoms with van der Waals surface area (Å²) in [6, 6.07) is 15.7. The highest BCUT2D eigenvalue weighted by molar-refractivity contribution is 6.05. The second kappa shape index (κ2) is 5.81.